The lowest BCUT2D eigenvalue weighted by Gasteiger charge is -2.28. The molecule has 0 radical (unpaired) electrons. The Bertz CT molecular complexity index is 538. The lowest BCUT2D eigenvalue weighted by atomic mass is 9.85. The number of ketones is 1. The Morgan fingerprint density at radius 3 is 2.50 bits per heavy atom. The van der Waals surface area contributed by atoms with Crippen LogP contribution in [0.3, 0.4) is 0 Å². The van der Waals surface area contributed by atoms with Gasteiger partial charge < -0.3 is 5.32 Å². The van der Waals surface area contributed by atoms with Crippen LogP contribution in [0.4, 0.5) is 8.78 Å². The van der Waals surface area contributed by atoms with E-state index in [4.69, 9.17) is 0 Å². The van der Waals surface area contributed by atoms with Gasteiger partial charge in [0.2, 0.25) is 0 Å². The molecule has 0 bridgehead atoms. The fraction of sp³-hybridized carbons (Fsp3) is 0.611. The summed E-state index contributed by atoms with van der Waals surface area (Å²) in [7, 11) is 0. The van der Waals surface area contributed by atoms with E-state index < -0.39 is 6.43 Å². The molecule has 1 aromatic rings. The van der Waals surface area contributed by atoms with E-state index in [0.717, 1.165) is 12.1 Å². The van der Waals surface area contributed by atoms with Crippen LogP contribution in [-0.2, 0) is 6.42 Å². The van der Waals surface area contributed by atoms with E-state index in [-0.39, 0.29) is 17.4 Å². The molecule has 4 heteroatoms. The molecule has 1 saturated carbocycles. The highest BCUT2D eigenvalue weighted by molar-refractivity contribution is 5.96. The van der Waals surface area contributed by atoms with Crippen LogP contribution in [0, 0.1) is 5.92 Å². The quantitative estimate of drug-likeness (QED) is 0.730. The Balaban J connectivity index is 2.27. The maximum absolute atomic E-state index is 13.3. The maximum Gasteiger partial charge on any atom is 0.264 e. The number of hydrogen-bond acceptors (Lipinski definition) is 2. The molecule has 1 atom stereocenters. The Morgan fingerprint density at radius 2 is 2.05 bits per heavy atom. The molecule has 2 rings (SSSR count). The molecule has 1 unspecified atom stereocenters. The molecular weight excluding hydrogens is 284 g/mol. The van der Waals surface area contributed by atoms with Crippen molar-refractivity contribution in [3.8, 4) is 0 Å². The van der Waals surface area contributed by atoms with Crippen molar-refractivity contribution in [1.29, 1.82) is 0 Å². The van der Waals surface area contributed by atoms with Crippen molar-refractivity contribution in [2.24, 2.45) is 5.92 Å². The summed E-state index contributed by atoms with van der Waals surface area (Å²) in [6.07, 6.45) is 1.67. The van der Waals surface area contributed by atoms with E-state index in [1.54, 1.807) is 12.1 Å². The number of alkyl halides is 2. The van der Waals surface area contributed by atoms with Gasteiger partial charge in [-0.2, -0.15) is 0 Å². The van der Waals surface area contributed by atoms with Crippen LogP contribution in [0.2, 0.25) is 0 Å². The number of benzene rings is 1. The van der Waals surface area contributed by atoms with Gasteiger partial charge in [-0.3, -0.25) is 4.79 Å². The number of hydrogen-bond donors (Lipinski definition) is 1. The van der Waals surface area contributed by atoms with Gasteiger partial charge in [0, 0.05) is 17.2 Å². The minimum Gasteiger partial charge on any atom is -0.310 e. The molecule has 1 aliphatic carbocycles. The first kappa shape index (κ1) is 17.1. The smallest absolute Gasteiger partial charge is 0.264 e. The average Bonchev–Trinajstić information content (AvgIpc) is 2.43. The van der Waals surface area contributed by atoms with Gasteiger partial charge in [0.25, 0.3) is 6.43 Å². The Labute approximate surface area is 131 Å². The van der Waals surface area contributed by atoms with Crippen LogP contribution < -0.4 is 5.32 Å². The standard InChI is InChI=1S/C18H25F2NO/c1-4-15-16(12(3)22)8-14(9-17(15)18(19)20)11(2)21-10-13-6-5-7-13/h8-9,11,13,18,21H,4-7,10H2,1-3H3. The summed E-state index contributed by atoms with van der Waals surface area (Å²) in [4.78, 5) is 11.8. The van der Waals surface area contributed by atoms with E-state index in [2.05, 4.69) is 5.32 Å². The van der Waals surface area contributed by atoms with Gasteiger partial charge in [-0.25, -0.2) is 8.78 Å². The molecule has 122 valence electrons. The first-order valence-corrected chi connectivity index (χ1v) is 8.13. The Hall–Kier alpha value is -1.29. The van der Waals surface area contributed by atoms with Crippen LogP contribution in [0.15, 0.2) is 12.1 Å². The normalized spacial score (nSPS) is 16.6. The monoisotopic (exact) mass is 309 g/mol. The molecule has 1 aromatic carbocycles. The predicted molar refractivity (Wildman–Crippen MR) is 84.5 cm³/mol. The fourth-order valence-corrected chi connectivity index (χ4v) is 3.03. The zero-order chi connectivity index (χ0) is 16.3. The summed E-state index contributed by atoms with van der Waals surface area (Å²) < 4.78 is 26.7. The van der Waals surface area contributed by atoms with E-state index in [9.17, 15) is 13.6 Å². The summed E-state index contributed by atoms with van der Waals surface area (Å²) in [5.74, 6) is 0.561. The molecular formula is C18H25F2NO. The molecule has 0 spiro atoms. The molecule has 0 aliphatic heterocycles. The van der Waals surface area contributed by atoms with Crippen molar-refractivity contribution in [1.82, 2.24) is 5.32 Å². The molecule has 0 amide bonds. The summed E-state index contributed by atoms with van der Waals surface area (Å²) in [6.45, 7) is 6.14. The molecule has 0 saturated heterocycles. The SMILES string of the molecule is CCc1c(C(C)=O)cc(C(C)NCC2CCC2)cc1C(F)F. The second kappa shape index (κ2) is 7.32. The predicted octanol–water partition coefficient (Wildman–Crippen LogP) is 4.84. The van der Waals surface area contributed by atoms with Crippen molar-refractivity contribution < 1.29 is 13.6 Å². The average molecular weight is 309 g/mol. The van der Waals surface area contributed by atoms with Crippen LogP contribution in [0.1, 0.15) is 79.5 Å². The van der Waals surface area contributed by atoms with Crippen molar-refractivity contribution in [2.75, 3.05) is 6.54 Å². The van der Waals surface area contributed by atoms with E-state index in [1.165, 1.54) is 26.2 Å². The summed E-state index contributed by atoms with van der Waals surface area (Å²) in [5.41, 5.74) is 1.70. The van der Waals surface area contributed by atoms with Crippen LogP contribution in [0.25, 0.3) is 0 Å². The van der Waals surface area contributed by atoms with Crippen molar-refractivity contribution in [3.05, 3.63) is 34.4 Å². The molecule has 1 N–H and O–H groups in total. The highest BCUT2D eigenvalue weighted by atomic mass is 19.3. The van der Waals surface area contributed by atoms with Crippen molar-refractivity contribution in [2.45, 2.75) is 58.9 Å². The van der Waals surface area contributed by atoms with Crippen molar-refractivity contribution in [3.63, 3.8) is 0 Å². The molecule has 0 aromatic heterocycles. The minimum absolute atomic E-state index is 0.00231. The third kappa shape index (κ3) is 3.72. The maximum atomic E-state index is 13.3. The first-order chi connectivity index (χ1) is 10.4. The number of carbonyl (C=O) groups is 1. The zero-order valence-electron chi connectivity index (χ0n) is 13.6. The largest absolute Gasteiger partial charge is 0.310 e. The zero-order valence-corrected chi connectivity index (χ0v) is 13.6. The third-order valence-corrected chi connectivity index (χ3v) is 4.71. The highest BCUT2D eigenvalue weighted by Crippen LogP contribution is 2.31. The minimum atomic E-state index is -2.55. The van der Waals surface area contributed by atoms with Crippen LogP contribution in [0.5, 0.6) is 0 Å². The Morgan fingerprint density at radius 1 is 1.36 bits per heavy atom. The second-order valence-electron chi connectivity index (χ2n) is 6.27. The number of rotatable bonds is 7. The highest BCUT2D eigenvalue weighted by Gasteiger charge is 2.22. The lowest BCUT2D eigenvalue weighted by Crippen LogP contribution is -2.29. The summed E-state index contributed by atoms with van der Waals surface area (Å²) in [5, 5.41) is 3.41. The first-order valence-electron chi connectivity index (χ1n) is 8.13. The molecule has 2 nitrogen and oxygen atoms in total. The van der Waals surface area contributed by atoms with Gasteiger partial charge in [0.1, 0.15) is 0 Å². The number of halogens is 2. The van der Waals surface area contributed by atoms with E-state index in [1.807, 2.05) is 13.8 Å². The van der Waals surface area contributed by atoms with Crippen LogP contribution >= 0.6 is 0 Å². The summed E-state index contributed by atoms with van der Waals surface area (Å²) in [6, 6.07) is 3.32. The van der Waals surface area contributed by atoms with Gasteiger partial charge in [-0.15, -0.1) is 0 Å². The van der Waals surface area contributed by atoms with Crippen molar-refractivity contribution >= 4 is 5.78 Å². The number of Topliss-reactive ketones (excluding diaryl/α,β-unsaturated/α-hetero) is 1. The topological polar surface area (TPSA) is 29.1 Å². The molecule has 0 heterocycles. The molecule has 1 fully saturated rings. The second-order valence-corrected chi connectivity index (χ2v) is 6.27. The van der Waals surface area contributed by atoms with Gasteiger partial charge in [0.15, 0.2) is 5.78 Å². The summed E-state index contributed by atoms with van der Waals surface area (Å²) >= 11 is 0. The number of nitrogens with one attached hydrogen (secondary N) is 1. The third-order valence-electron chi connectivity index (χ3n) is 4.71. The van der Waals surface area contributed by atoms with E-state index in [0.29, 0.717) is 23.5 Å². The van der Waals surface area contributed by atoms with Gasteiger partial charge in [0.05, 0.1) is 0 Å². The number of carbonyl (C=O) groups excluding carboxylic acids is 1. The van der Waals surface area contributed by atoms with Gasteiger partial charge in [-0.1, -0.05) is 13.3 Å². The van der Waals surface area contributed by atoms with E-state index >= 15 is 0 Å². The van der Waals surface area contributed by atoms with Gasteiger partial charge in [-0.05, 0) is 68.8 Å². The lowest BCUT2D eigenvalue weighted by molar-refractivity contribution is 0.101. The Kier molecular flexibility index (Phi) is 5.68. The molecule has 22 heavy (non-hydrogen) atoms. The van der Waals surface area contributed by atoms with Crippen LogP contribution in [-0.4, -0.2) is 12.3 Å². The van der Waals surface area contributed by atoms with Gasteiger partial charge >= 0.3 is 0 Å². The fourth-order valence-electron chi connectivity index (χ4n) is 3.03. The molecule has 1 aliphatic rings.